The highest BCUT2D eigenvalue weighted by molar-refractivity contribution is 6.31. The molecule has 0 radical (unpaired) electrons. The van der Waals surface area contributed by atoms with Crippen LogP contribution >= 0.6 is 11.6 Å². The average Bonchev–Trinajstić information content (AvgIpc) is 3.16. The fourth-order valence-corrected chi connectivity index (χ4v) is 4.22. The van der Waals surface area contributed by atoms with Crippen LogP contribution in [0.3, 0.4) is 0 Å². The number of nitrogens with zero attached hydrogens (tertiary/aromatic N) is 2. The molecule has 0 aliphatic carbocycles. The number of hydrogen-bond donors (Lipinski definition) is 0. The number of halogens is 1. The van der Waals surface area contributed by atoms with E-state index in [1.807, 2.05) is 60.7 Å². The van der Waals surface area contributed by atoms with Crippen molar-refractivity contribution >= 4 is 44.9 Å². The van der Waals surface area contributed by atoms with Crippen molar-refractivity contribution in [3.63, 3.8) is 0 Å². The van der Waals surface area contributed by atoms with E-state index in [1.165, 1.54) is 5.39 Å². The van der Waals surface area contributed by atoms with Crippen LogP contribution in [0, 0.1) is 11.3 Å². The van der Waals surface area contributed by atoms with Crippen LogP contribution in [-0.4, -0.2) is 4.57 Å². The lowest BCUT2D eigenvalue weighted by molar-refractivity contribution is 0.836. The molecular weight excluding hydrogens is 400 g/mol. The Morgan fingerprint density at radius 3 is 2.45 bits per heavy atom. The summed E-state index contributed by atoms with van der Waals surface area (Å²) in [6, 6.07) is 32.9. The average molecular weight is 419 g/mol. The van der Waals surface area contributed by atoms with Gasteiger partial charge in [0.05, 0.1) is 11.6 Å². The summed E-state index contributed by atoms with van der Waals surface area (Å²) in [5.74, 6) is 0. The van der Waals surface area contributed by atoms with E-state index in [1.54, 1.807) is 0 Å². The van der Waals surface area contributed by atoms with Crippen molar-refractivity contribution in [1.29, 1.82) is 5.26 Å². The fourth-order valence-electron chi connectivity index (χ4n) is 4.02. The van der Waals surface area contributed by atoms with Gasteiger partial charge in [0.2, 0.25) is 0 Å². The molecule has 2 nitrogen and oxygen atoms in total. The van der Waals surface area contributed by atoms with E-state index >= 15 is 0 Å². The lowest BCUT2D eigenvalue weighted by Gasteiger charge is -2.07. The molecule has 0 spiro atoms. The molecule has 0 saturated heterocycles. The Bertz CT molecular complexity index is 1480. The molecule has 3 heteroatoms. The van der Waals surface area contributed by atoms with Crippen LogP contribution in [0.1, 0.15) is 16.7 Å². The summed E-state index contributed by atoms with van der Waals surface area (Å²) < 4.78 is 2.19. The van der Waals surface area contributed by atoms with E-state index < -0.39 is 0 Å². The largest absolute Gasteiger partial charge is 0.342 e. The van der Waals surface area contributed by atoms with Crippen molar-refractivity contribution in [3.8, 4) is 6.07 Å². The minimum atomic E-state index is 0.645. The van der Waals surface area contributed by atoms with Gasteiger partial charge < -0.3 is 4.57 Å². The third-order valence-corrected chi connectivity index (χ3v) is 5.97. The van der Waals surface area contributed by atoms with Crippen molar-refractivity contribution < 1.29 is 0 Å². The normalized spacial score (nSPS) is 11.7. The van der Waals surface area contributed by atoms with Crippen molar-refractivity contribution in [1.82, 2.24) is 4.57 Å². The van der Waals surface area contributed by atoms with Gasteiger partial charge in [0, 0.05) is 34.2 Å². The Morgan fingerprint density at radius 1 is 0.871 bits per heavy atom. The van der Waals surface area contributed by atoms with E-state index in [9.17, 15) is 5.26 Å². The van der Waals surface area contributed by atoms with Gasteiger partial charge in [-0.3, -0.25) is 0 Å². The summed E-state index contributed by atoms with van der Waals surface area (Å²) in [7, 11) is 0. The van der Waals surface area contributed by atoms with Gasteiger partial charge in [-0.1, -0.05) is 84.4 Å². The van der Waals surface area contributed by atoms with Crippen LogP contribution in [-0.2, 0) is 6.54 Å². The molecule has 4 aromatic carbocycles. The molecule has 0 bridgehead atoms. The first-order valence-corrected chi connectivity index (χ1v) is 10.5. The van der Waals surface area contributed by atoms with Gasteiger partial charge >= 0.3 is 0 Å². The molecule has 0 aliphatic rings. The minimum Gasteiger partial charge on any atom is -0.342 e. The van der Waals surface area contributed by atoms with Crippen LogP contribution in [0.2, 0.25) is 5.02 Å². The molecule has 0 atom stereocenters. The molecule has 0 fully saturated rings. The maximum Gasteiger partial charge on any atom is 0.0998 e. The SMILES string of the molecule is N#C/C(=C/c1cn(Cc2ccccc2Cl)c2ccccc12)c1ccc2ccccc2c1. The number of allylic oxidation sites excluding steroid dienone is 1. The summed E-state index contributed by atoms with van der Waals surface area (Å²) in [5, 5.41) is 14.1. The zero-order valence-corrected chi connectivity index (χ0v) is 17.6. The quantitative estimate of drug-likeness (QED) is 0.277. The van der Waals surface area contributed by atoms with Gasteiger partial charge in [0.15, 0.2) is 0 Å². The Kier molecular flexibility index (Phi) is 5.04. The first-order chi connectivity index (χ1) is 15.2. The monoisotopic (exact) mass is 418 g/mol. The van der Waals surface area contributed by atoms with Crippen molar-refractivity contribution in [2.24, 2.45) is 0 Å². The predicted molar refractivity (Wildman–Crippen MR) is 130 cm³/mol. The van der Waals surface area contributed by atoms with Gasteiger partial charge in [-0.05, 0) is 46.2 Å². The smallest absolute Gasteiger partial charge is 0.0998 e. The molecular formula is C28H19ClN2. The number of hydrogen-bond acceptors (Lipinski definition) is 1. The molecule has 0 saturated carbocycles. The summed E-state index contributed by atoms with van der Waals surface area (Å²) in [4.78, 5) is 0. The second-order valence-electron chi connectivity index (χ2n) is 7.55. The highest BCUT2D eigenvalue weighted by atomic mass is 35.5. The number of para-hydroxylation sites is 1. The second-order valence-corrected chi connectivity index (χ2v) is 7.96. The molecule has 0 unspecified atom stereocenters. The van der Waals surface area contributed by atoms with Gasteiger partial charge in [-0.2, -0.15) is 5.26 Å². The summed E-state index contributed by atoms with van der Waals surface area (Å²) in [5.41, 5.74) is 4.77. The standard InChI is InChI=1S/C28H19ClN2/c29-27-11-5-3-9-23(27)18-31-19-25(26-10-4-6-12-28(26)31)16-24(17-30)22-14-13-20-7-1-2-8-21(20)15-22/h1-16,19H,18H2/b24-16-. The van der Waals surface area contributed by atoms with Crippen LogP contribution in [0.15, 0.2) is 97.2 Å². The third kappa shape index (κ3) is 3.72. The molecule has 0 N–H and O–H groups in total. The van der Waals surface area contributed by atoms with E-state index in [-0.39, 0.29) is 0 Å². The zero-order valence-electron chi connectivity index (χ0n) is 16.8. The minimum absolute atomic E-state index is 0.645. The molecule has 5 aromatic rings. The van der Waals surface area contributed by atoms with E-state index in [0.29, 0.717) is 12.1 Å². The van der Waals surface area contributed by atoms with E-state index in [0.717, 1.165) is 38.0 Å². The summed E-state index contributed by atoms with van der Waals surface area (Å²) in [6.07, 6.45) is 4.09. The Hall–Kier alpha value is -3.80. The van der Waals surface area contributed by atoms with Crippen LogP contribution in [0.5, 0.6) is 0 Å². The number of nitriles is 1. The molecule has 31 heavy (non-hydrogen) atoms. The number of rotatable bonds is 4. The molecule has 0 aliphatic heterocycles. The predicted octanol–water partition coefficient (Wildman–Crippen LogP) is 7.56. The number of aromatic nitrogens is 1. The highest BCUT2D eigenvalue weighted by Crippen LogP contribution is 2.29. The number of fused-ring (bicyclic) bond motifs is 2. The molecule has 1 aromatic heterocycles. The zero-order chi connectivity index (χ0) is 21.2. The first kappa shape index (κ1) is 19.2. The maximum absolute atomic E-state index is 9.92. The van der Waals surface area contributed by atoms with E-state index in [2.05, 4.69) is 53.2 Å². The Labute approximate surface area is 186 Å². The van der Waals surface area contributed by atoms with Gasteiger partial charge in [0.1, 0.15) is 0 Å². The summed E-state index contributed by atoms with van der Waals surface area (Å²) >= 11 is 6.40. The molecule has 5 rings (SSSR count). The topological polar surface area (TPSA) is 28.7 Å². The molecule has 1 heterocycles. The first-order valence-electron chi connectivity index (χ1n) is 10.2. The highest BCUT2D eigenvalue weighted by Gasteiger charge is 2.10. The van der Waals surface area contributed by atoms with Crippen LogP contribution in [0.4, 0.5) is 0 Å². The fraction of sp³-hybridized carbons (Fsp3) is 0.0357. The van der Waals surface area contributed by atoms with Crippen molar-refractivity contribution in [2.75, 3.05) is 0 Å². The lowest BCUT2D eigenvalue weighted by Crippen LogP contribution is -1.98. The number of benzene rings is 4. The van der Waals surface area contributed by atoms with Gasteiger partial charge in [-0.25, -0.2) is 0 Å². The van der Waals surface area contributed by atoms with Crippen molar-refractivity contribution in [2.45, 2.75) is 6.54 Å². The third-order valence-electron chi connectivity index (χ3n) is 5.60. The van der Waals surface area contributed by atoms with Gasteiger partial charge in [-0.15, -0.1) is 0 Å². The van der Waals surface area contributed by atoms with Gasteiger partial charge in [0.25, 0.3) is 0 Å². The summed E-state index contributed by atoms with van der Waals surface area (Å²) in [6.45, 7) is 0.673. The molecule has 0 amide bonds. The second kappa shape index (κ2) is 8.14. The maximum atomic E-state index is 9.92. The van der Waals surface area contributed by atoms with E-state index in [4.69, 9.17) is 11.6 Å². The van der Waals surface area contributed by atoms with Crippen molar-refractivity contribution in [3.05, 3.63) is 119 Å². The Morgan fingerprint density at radius 2 is 1.61 bits per heavy atom. The Balaban J connectivity index is 1.61. The van der Waals surface area contributed by atoms with Crippen LogP contribution < -0.4 is 0 Å². The lowest BCUT2D eigenvalue weighted by atomic mass is 10.00. The molecule has 148 valence electrons. The van der Waals surface area contributed by atoms with Crippen LogP contribution in [0.25, 0.3) is 33.3 Å².